The molecule has 3 aromatic rings. The van der Waals surface area contributed by atoms with Crippen LogP contribution in [-0.2, 0) is 9.84 Å². The molecule has 0 fully saturated rings. The molecule has 2 aromatic carbocycles. The van der Waals surface area contributed by atoms with Crippen molar-refractivity contribution in [1.82, 2.24) is 4.98 Å². The van der Waals surface area contributed by atoms with E-state index in [2.05, 4.69) is 4.98 Å². The number of pyridine rings is 1. The summed E-state index contributed by atoms with van der Waals surface area (Å²) >= 11 is 0. The number of nitrogens with zero attached hydrogens (tertiary/aromatic N) is 1. The van der Waals surface area contributed by atoms with Crippen molar-refractivity contribution in [3.05, 3.63) is 60.7 Å². The van der Waals surface area contributed by atoms with Gasteiger partial charge in [0.2, 0.25) is 9.84 Å². The number of fused-ring (bicyclic) bond motifs is 1. The van der Waals surface area contributed by atoms with Crippen molar-refractivity contribution in [1.29, 1.82) is 0 Å². The van der Waals surface area contributed by atoms with Gasteiger partial charge in [-0.25, -0.2) is 8.42 Å². The number of hydrogen-bond acceptors (Lipinski definition) is 4. The summed E-state index contributed by atoms with van der Waals surface area (Å²) in [4.78, 5) is 3.04. The molecule has 0 radical (unpaired) electrons. The third-order valence-corrected chi connectivity index (χ3v) is 4.33. The monoisotopic (exact) mass is 289 g/mol. The van der Waals surface area contributed by atoms with Crippen LogP contribution in [0.1, 0.15) is 6.85 Å². The Morgan fingerprint density at radius 3 is 2.60 bits per heavy atom. The average molecular weight is 289 g/mol. The maximum atomic E-state index is 12.8. The standard InChI is InChI=1S/C15H12N2O2S/c16-14-8-4-5-11-9-13(10-17-15(11)14)20(18,19)12-6-2-1-3-7-12/h1-10H,16H2/i4D,5D,8D,9D,10D. The molecule has 3 rings (SSSR count). The predicted octanol–water partition coefficient (Wildman–Crippen LogP) is 2.65. The molecule has 1 heterocycles. The van der Waals surface area contributed by atoms with E-state index in [1.54, 1.807) is 6.07 Å². The van der Waals surface area contributed by atoms with Crippen LogP contribution in [0.25, 0.3) is 10.9 Å². The van der Waals surface area contributed by atoms with Gasteiger partial charge in [0.05, 0.1) is 27.8 Å². The molecular formula is C15H12N2O2S. The number of hydrogen-bond donors (Lipinski definition) is 1. The maximum absolute atomic E-state index is 12.8. The fourth-order valence-corrected chi connectivity index (χ4v) is 2.87. The summed E-state index contributed by atoms with van der Waals surface area (Å²) in [5.41, 5.74) is 5.28. The van der Waals surface area contributed by atoms with Crippen molar-refractivity contribution < 1.29 is 15.3 Å². The zero-order valence-electron chi connectivity index (χ0n) is 15.1. The molecule has 0 atom stereocenters. The first kappa shape index (κ1) is 8.01. The molecule has 20 heavy (non-hydrogen) atoms. The maximum Gasteiger partial charge on any atom is 0.208 e. The zero-order valence-corrected chi connectivity index (χ0v) is 11.0. The van der Waals surface area contributed by atoms with E-state index in [-0.39, 0.29) is 21.5 Å². The number of nitrogen functional groups attached to an aromatic ring is 1. The van der Waals surface area contributed by atoms with Crippen molar-refractivity contribution in [3.63, 3.8) is 0 Å². The van der Waals surface area contributed by atoms with Crippen LogP contribution in [0.5, 0.6) is 0 Å². The van der Waals surface area contributed by atoms with Gasteiger partial charge in [0.25, 0.3) is 0 Å². The minimum atomic E-state index is -4.21. The molecule has 0 saturated carbocycles. The molecule has 0 unspecified atom stereocenters. The fraction of sp³-hybridized carbons (Fsp3) is 0. The number of aromatic nitrogens is 1. The van der Waals surface area contributed by atoms with E-state index >= 15 is 0 Å². The number of nitrogens with two attached hydrogens (primary N) is 1. The van der Waals surface area contributed by atoms with Crippen LogP contribution in [0.2, 0.25) is 0 Å². The highest BCUT2D eigenvalue weighted by molar-refractivity contribution is 7.91. The summed E-state index contributed by atoms with van der Waals surface area (Å²) in [6, 6.07) is 5.21. The van der Waals surface area contributed by atoms with Gasteiger partial charge in [-0.05, 0) is 24.2 Å². The Bertz CT molecular complexity index is 1120. The minimum absolute atomic E-state index is 0.110. The molecule has 0 aliphatic carbocycles. The first-order valence-electron chi connectivity index (χ1n) is 8.14. The number of sulfone groups is 1. The van der Waals surface area contributed by atoms with Gasteiger partial charge in [-0.3, -0.25) is 4.98 Å². The van der Waals surface area contributed by atoms with Crippen LogP contribution >= 0.6 is 0 Å². The van der Waals surface area contributed by atoms with Crippen molar-refractivity contribution >= 4 is 26.4 Å². The fourth-order valence-electron chi connectivity index (χ4n) is 1.71. The lowest BCUT2D eigenvalue weighted by molar-refractivity contribution is 0.596. The topological polar surface area (TPSA) is 73.0 Å². The Morgan fingerprint density at radius 1 is 1.10 bits per heavy atom. The van der Waals surface area contributed by atoms with Crippen LogP contribution in [0, 0.1) is 0 Å². The highest BCUT2D eigenvalue weighted by Crippen LogP contribution is 2.25. The highest BCUT2D eigenvalue weighted by atomic mass is 32.2. The van der Waals surface area contributed by atoms with Gasteiger partial charge in [-0.2, -0.15) is 0 Å². The SMILES string of the molecule is [2H]c1nc2c(N)c([2H])c([2H])c([2H])c2c([2H])c1S(=O)(=O)c1ccccc1. The molecule has 100 valence electrons. The van der Waals surface area contributed by atoms with E-state index in [0.717, 1.165) is 0 Å². The summed E-state index contributed by atoms with van der Waals surface area (Å²) in [6.07, 6.45) is -0.690. The lowest BCUT2D eigenvalue weighted by Crippen LogP contribution is -2.02. The number of anilines is 1. The van der Waals surface area contributed by atoms with E-state index in [4.69, 9.17) is 12.6 Å². The lowest BCUT2D eigenvalue weighted by atomic mass is 10.2. The van der Waals surface area contributed by atoms with Gasteiger partial charge in [0, 0.05) is 11.6 Å². The highest BCUT2D eigenvalue weighted by Gasteiger charge is 2.18. The molecule has 0 aliphatic rings. The summed E-state index contributed by atoms with van der Waals surface area (Å²) in [5.74, 6) is 0. The lowest BCUT2D eigenvalue weighted by Gasteiger charge is -2.06. The molecule has 0 amide bonds. The summed E-state index contributed by atoms with van der Waals surface area (Å²) in [7, 11) is -4.21. The quantitative estimate of drug-likeness (QED) is 0.736. The molecule has 2 N–H and O–H groups in total. The van der Waals surface area contributed by atoms with Crippen LogP contribution < -0.4 is 5.73 Å². The Morgan fingerprint density at radius 2 is 1.85 bits per heavy atom. The number of rotatable bonds is 2. The van der Waals surface area contributed by atoms with E-state index in [1.807, 2.05) is 0 Å². The number of para-hydroxylation sites is 1. The molecule has 4 nitrogen and oxygen atoms in total. The smallest absolute Gasteiger partial charge is 0.208 e. The molecule has 0 saturated heterocycles. The van der Waals surface area contributed by atoms with E-state index in [1.165, 1.54) is 24.3 Å². The Hall–Kier alpha value is -2.40. The van der Waals surface area contributed by atoms with Gasteiger partial charge in [0.15, 0.2) is 0 Å². The molecule has 0 aliphatic heterocycles. The van der Waals surface area contributed by atoms with E-state index < -0.39 is 45.1 Å². The number of benzene rings is 2. The van der Waals surface area contributed by atoms with Crippen LogP contribution in [0.15, 0.2) is 70.5 Å². The van der Waals surface area contributed by atoms with E-state index in [0.29, 0.717) is 0 Å². The summed E-state index contributed by atoms with van der Waals surface area (Å²) in [5, 5.41) is -0.260. The summed E-state index contributed by atoms with van der Waals surface area (Å²) in [6.45, 7) is 0. The zero-order chi connectivity index (χ0) is 18.5. The molecular weight excluding hydrogens is 272 g/mol. The first-order valence-corrected chi connectivity index (χ1v) is 7.12. The van der Waals surface area contributed by atoms with Crippen molar-refractivity contribution in [2.45, 2.75) is 9.79 Å². The minimum Gasteiger partial charge on any atom is -0.397 e. The van der Waals surface area contributed by atoms with Crippen molar-refractivity contribution in [2.75, 3.05) is 5.73 Å². The molecule has 0 bridgehead atoms. The van der Waals surface area contributed by atoms with E-state index in [9.17, 15) is 8.42 Å². The van der Waals surface area contributed by atoms with Gasteiger partial charge in [-0.1, -0.05) is 30.3 Å². The van der Waals surface area contributed by atoms with Crippen LogP contribution in [0.4, 0.5) is 5.69 Å². The molecule has 0 spiro atoms. The third-order valence-electron chi connectivity index (χ3n) is 2.71. The van der Waals surface area contributed by atoms with Gasteiger partial charge in [-0.15, -0.1) is 0 Å². The second-order valence-electron chi connectivity index (χ2n) is 4.01. The van der Waals surface area contributed by atoms with Gasteiger partial charge < -0.3 is 5.73 Å². The Balaban J connectivity index is 2.47. The third kappa shape index (κ3) is 2.02. The molecule has 1 aromatic heterocycles. The second kappa shape index (κ2) is 4.61. The Labute approximate surface area is 123 Å². The first-order chi connectivity index (χ1) is 11.7. The van der Waals surface area contributed by atoms with Crippen LogP contribution in [0.3, 0.4) is 0 Å². The van der Waals surface area contributed by atoms with Crippen LogP contribution in [-0.4, -0.2) is 13.4 Å². The van der Waals surface area contributed by atoms with Gasteiger partial charge >= 0.3 is 0 Å². The second-order valence-corrected chi connectivity index (χ2v) is 5.89. The predicted molar refractivity (Wildman–Crippen MR) is 78.0 cm³/mol. The Kier molecular flexibility index (Phi) is 1.85. The molecule has 5 heteroatoms. The average Bonchev–Trinajstić information content (AvgIpc) is 2.58. The van der Waals surface area contributed by atoms with Gasteiger partial charge in [0.1, 0.15) is 0 Å². The van der Waals surface area contributed by atoms with Crippen molar-refractivity contribution in [3.8, 4) is 0 Å². The normalized spacial score (nSPS) is 15.1. The summed E-state index contributed by atoms with van der Waals surface area (Å²) < 4.78 is 65.2. The van der Waals surface area contributed by atoms with Crippen molar-refractivity contribution in [2.24, 2.45) is 0 Å². The largest absolute Gasteiger partial charge is 0.397 e.